The summed E-state index contributed by atoms with van der Waals surface area (Å²) < 4.78 is 0. The average molecular weight is 161 g/mol. The van der Waals surface area contributed by atoms with E-state index in [4.69, 9.17) is 5.11 Å². The summed E-state index contributed by atoms with van der Waals surface area (Å²) in [4.78, 5) is 3.99. The first-order chi connectivity index (χ1) is 5.79. The van der Waals surface area contributed by atoms with E-state index in [0.29, 0.717) is 11.3 Å². The minimum atomic E-state index is -0.0227. The van der Waals surface area contributed by atoms with E-state index in [1.54, 1.807) is 12.3 Å². The molecule has 0 fully saturated rings. The Labute approximate surface area is 68.6 Å². The highest BCUT2D eigenvalue weighted by molar-refractivity contribution is 5.85. The van der Waals surface area contributed by atoms with Crippen molar-refractivity contribution in [1.82, 2.24) is 15.2 Å². The molecular weight excluding hydrogens is 154 g/mol. The van der Waals surface area contributed by atoms with Crippen molar-refractivity contribution < 1.29 is 5.11 Å². The molecule has 0 aliphatic rings. The van der Waals surface area contributed by atoms with E-state index in [9.17, 15) is 0 Å². The minimum absolute atomic E-state index is 0.0227. The number of pyridine rings is 1. The fourth-order valence-electron chi connectivity index (χ4n) is 1.07. The van der Waals surface area contributed by atoms with E-state index in [1.165, 1.54) is 0 Å². The first-order valence-corrected chi connectivity index (χ1v) is 3.46. The number of aromatic nitrogens is 3. The van der Waals surface area contributed by atoms with Gasteiger partial charge in [0.15, 0.2) is 5.65 Å². The minimum Gasteiger partial charge on any atom is -0.506 e. The molecular formula is C8H7N3O. The molecule has 60 valence electrons. The number of fused-ring (bicyclic) bond motifs is 1. The number of hydrogen-bond donors (Lipinski definition) is 2. The third-order valence-corrected chi connectivity index (χ3v) is 1.62. The predicted octanol–water partition coefficient (Wildman–Crippen LogP) is 1.49. The van der Waals surface area contributed by atoms with Crippen molar-refractivity contribution in [2.24, 2.45) is 0 Å². The number of aliphatic hydroxyl groups excluding tert-OH is 1. The maximum atomic E-state index is 9.12. The van der Waals surface area contributed by atoms with Gasteiger partial charge in [0.2, 0.25) is 0 Å². The van der Waals surface area contributed by atoms with Gasteiger partial charge in [0.1, 0.15) is 11.5 Å². The Morgan fingerprint density at radius 3 is 3.17 bits per heavy atom. The molecule has 0 radical (unpaired) electrons. The van der Waals surface area contributed by atoms with Crippen LogP contribution in [0.25, 0.3) is 16.8 Å². The van der Waals surface area contributed by atoms with Gasteiger partial charge < -0.3 is 5.11 Å². The maximum absolute atomic E-state index is 9.12. The van der Waals surface area contributed by atoms with Crippen LogP contribution in [0, 0.1) is 0 Å². The second-order valence-corrected chi connectivity index (χ2v) is 2.42. The second-order valence-electron chi connectivity index (χ2n) is 2.42. The van der Waals surface area contributed by atoms with Crippen molar-refractivity contribution >= 4 is 16.8 Å². The second kappa shape index (κ2) is 2.34. The Morgan fingerprint density at radius 1 is 1.58 bits per heavy atom. The molecule has 0 amide bonds. The monoisotopic (exact) mass is 161 g/mol. The molecule has 2 rings (SSSR count). The molecule has 0 saturated heterocycles. The number of nitrogens with zero attached hydrogens (tertiary/aromatic N) is 2. The van der Waals surface area contributed by atoms with Gasteiger partial charge in [-0.3, -0.25) is 5.10 Å². The zero-order valence-corrected chi connectivity index (χ0v) is 6.28. The molecule has 0 atom stereocenters. The Hall–Kier alpha value is -1.84. The molecule has 12 heavy (non-hydrogen) atoms. The first kappa shape index (κ1) is 6.84. The first-order valence-electron chi connectivity index (χ1n) is 3.46. The van der Waals surface area contributed by atoms with Crippen molar-refractivity contribution in [3.63, 3.8) is 0 Å². The molecule has 0 saturated carbocycles. The van der Waals surface area contributed by atoms with Gasteiger partial charge in [0.25, 0.3) is 0 Å². The van der Waals surface area contributed by atoms with E-state index < -0.39 is 0 Å². The van der Waals surface area contributed by atoms with E-state index in [-0.39, 0.29) is 5.76 Å². The Kier molecular flexibility index (Phi) is 1.33. The lowest BCUT2D eigenvalue weighted by Gasteiger charge is -1.91. The maximum Gasteiger partial charge on any atom is 0.181 e. The van der Waals surface area contributed by atoms with Crippen molar-refractivity contribution in [3.8, 4) is 0 Å². The molecule has 2 aromatic rings. The van der Waals surface area contributed by atoms with Crippen LogP contribution in [0.1, 0.15) is 5.69 Å². The Balaban J connectivity index is 2.79. The number of nitrogens with one attached hydrogen (secondary N) is 1. The van der Waals surface area contributed by atoms with Gasteiger partial charge in [0.05, 0.1) is 0 Å². The summed E-state index contributed by atoms with van der Waals surface area (Å²) in [6, 6.07) is 3.60. The lowest BCUT2D eigenvalue weighted by Crippen LogP contribution is -1.80. The van der Waals surface area contributed by atoms with Gasteiger partial charge in [-0.15, -0.1) is 0 Å². The van der Waals surface area contributed by atoms with Crippen molar-refractivity contribution in [3.05, 3.63) is 30.6 Å². The van der Waals surface area contributed by atoms with Crippen molar-refractivity contribution in [1.29, 1.82) is 0 Å². The van der Waals surface area contributed by atoms with Crippen LogP contribution in [0.15, 0.2) is 24.9 Å². The van der Waals surface area contributed by atoms with Gasteiger partial charge in [-0.05, 0) is 12.1 Å². The van der Waals surface area contributed by atoms with Gasteiger partial charge in [-0.1, -0.05) is 6.58 Å². The topological polar surface area (TPSA) is 61.8 Å². The molecule has 4 nitrogen and oxygen atoms in total. The van der Waals surface area contributed by atoms with Gasteiger partial charge in [0, 0.05) is 11.6 Å². The molecule has 2 aromatic heterocycles. The van der Waals surface area contributed by atoms with E-state index in [1.807, 2.05) is 6.07 Å². The highest BCUT2D eigenvalue weighted by Crippen LogP contribution is 2.17. The average Bonchev–Trinajstić information content (AvgIpc) is 2.47. The third-order valence-electron chi connectivity index (χ3n) is 1.62. The van der Waals surface area contributed by atoms with Crippen LogP contribution in [-0.4, -0.2) is 20.3 Å². The summed E-state index contributed by atoms with van der Waals surface area (Å²) in [6.07, 6.45) is 1.65. The molecule has 2 heterocycles. The van der Waals surface area contributed by atoms with Gasteiger partial charge in [-0.25, -0.2) is 4.98 Å². The van der Waals surface area contributed by atoms with Crippen LogP contribution in [0.4, 0.5) is 0 Å². The summed E-state index contributed by atoms with van der Waals surface area (Å²) in [5, 5.41) is 16.4. The van der Waals surface area contributed by atoms with E-state index >= 15 is 0 Å². The van der Waals surface area contributed by atoms with Crippen LogP contribution in [0.3, 0.4) is 0 Å². The molecule has 0 aliphatic carbocycles. The Bertz CT molecular complexity index is 433. The highest BCUT2D eigenvalue weighted by Gasteiger charge is 2.06. The zero-order valence-electron chi connectivity index (χ0n) is 6.28. The smallest absolute Gasteiger partial charge is 0.181 e. The predicted molar refractivity (Wildman–Crippen MR) is 45.6 cm³/mol. The number of H-pyrrole nitrogens is 1. The number of aliphatic hydroxyl groups is 1. The molecule has 0 unspecified atom stereocenters. The molecule has 0 spiro atoms. The van der Waals surface area contributed by atoms with E-state index in [0.717, 1.165) is 5.39 Å². The van der Waals surface area contributed by atoms with Crippen LogP contribution in [-0.2, 0) is 0 Å². The largest absolute Gasteiger partial charge is 0.506 e. The lowest BCUT2D eigenvalue weighted by molar-refractivity contribution is 0.511. The highest BCUT2D eigenvalue weighted by atomic mass is 16.3. The SMILES string of the molecule is C=C(O)c1[nH]nc2ncccc12. The number of hydrogen-bond acceptors (Lipinski definition) is 3. The number of rotatable bonds is 1. The summed E-state index contributed by atoms with van der Waals surface area (Å²) in [5.41, 5.74) is 1.11. The van der Waals surface area contributed by atoms with Gasteiger partial charge >= 0.3 is 0 Å². The van der Waals surface area contributed by atoms with Crippen LogP contribution < -0.4 is 0 Å². The third kappa shape index (κ3) is 0.852. The van der Waals surface area contributed by atoms with Crippen LogP contribution >= 0.6 is 0 Å². The summed E-state index contributed by atoms with van der Waals surface area (Å²) >= 11 is 0. The van der Waals surface area contributed by atoms with Crippen LogP contribution in [0.2, 0.25) is 0 Å². The summed E-state index contributed by atoms with van der Waals surface area (Å²) in [6.45, 7) is 3.40. The van der Waals surface area contributed by atoms with Crippen LogP contribution in [0.5, 0.6) is 0 Å². The standard InChI is InChI=1S/C8H7N3O/c1-5(12)7-6-3-2-4-9-8(6)11-10-7/h2-4,12H,1H2,(H,9,10,11). The fraction of sp³-hybridized carbons (Fsp3) is 0. The number of aromatic amines is 1. The zero-order chi connectivity index (χ0) is 8.55. The quantitative estimate of drug-likeness (QED) is 0.623. The van der Waals surface area contributed by atoms with E-state index in [2.05, 4.69) is 21.8 Å². The normalized spacial score (nSPS) is 10.3. The molecule has 0 aromatic carbocycles. The summed E-state index contributed by atoms with van der Waals surface area (Å²) in [5.74, 6) is -0.0227. The Morgan fingerprint density at radius 2 is 2.42 bits per heavy atom. The van der Waals surface area contributed by atoms with Crippen molar-refractivity contribution in [2.75, 3.05) is 0 Å². The molecule has 4 heteroatoms. The molecule has 0 bridgehead atoms. The van der Waals surface area contributed by atoms with Crippen molar-refractivity contribution in [2.45, 2.75) is 0 Å². The molecule has 2 N–H and O–H groups in total. The summed E-state index contributed by atoms with van der Waals surface area (Å²) in [7, 11) is 0. The fourth-order valence-corrected chi connectivity index (χ4v) is 1.07. The molecule has 0 aliphatic heterocycles. The lowest BCUT2D eigenvalue weighted by atomic mass is 10.2. The van der Waals surface area contributed by atoms with Gasteiger partial charge in [-0.2, -0.15) is 5.10 Å².